The Balaban J connectivity index is 1.96. The van der Waals surface area contributed by atoms with E-state index in [1.54, 1.807) is 18.3 Å². The Kier molecular flexibility index (Phi) is 4.05. The summed E-state index contributed by atoms with van der Waals surface area (Å²) in [7, 11) is 0. The topological polar surface area (TPSA) is 30.0 Å². The monoisotopic (exact) mass is 263 g/mol. The van der Waals surface area contributed by atoms with Crippen LogP contribution < -0.4 is 0 Å². The van der Waals surface area contributed by atoms with Crippen LogP contribution in [0.4, 0.5) is 4.39 Å². The van der Waals surface area contributed by atoms with Gasteiger partial charge in [-0.25, -0.2) is 4.39 Å². The lowest BCUT2D eigenvalue weighted by Gasteiger charge is -2.01. The van der Waals surface area contributed by atoms with Gasteiger partial charge >= 0.3 is 0 Å². The first-order valence-corrected chi connectivity index (χ1v) is 5.92. The van der Waals surface area contributed by atoms with E-state index in [1.165, 1.54) is 24.3 Å². The highest BCUT2D eigenvalue weighted by atomic mass is 35.5. The van der Waals surface area contributed by atoms with Gasteiger partial charge in [-0.3, -0.25) is 9.78 Å². The summed E-state index contributed by atoms with van der Waals surface area (Å²) in [5, 5.41) is 0.573. The summed E-state index contributed by atoms with van der Waals surface area (Å²) in [6.45, 7) is 0. The van der Waals surface area contributed by atoms with E-state index in [4.69, 9.17) is 11.6 Å². The predicted octanol–water partition coefficient (Wildman–Crippen LogP) is 3.69. The summed E-state index contributed by atoms with van der Waals surface area (Å²) in [6, 6.07) is 9.09. The lowest BCUT2D eigenvalue weighted by Crippen LogP contribution is -2.02. The molecule has 2 rings (SSSR count). The number of rotatable bonds is 4. The fraction of sp³-hybridized carbons (Fsp3) is 0.143. The van der Waals surface area contributed by atoms with Crippen LogP contribution in [0.15, 0.2) is 42.6 Å². The number of benzene rings is 1. The Morgan fingerprint density at radius 3 is 2.50 bits per heavy atom. The third-order valence-corrected chi connectivity index (χ3v) is 2.79. The molecule has 0 aliphatic rings. The van der Waals surface area contributed by atoms with Crippen LogP contribution in [0.5, 0.6) is 0 Å². The number of aryl methyl sites for hydroxylation is 1. The summed E-state index contributed by atoms with van der Waals surface area (Å²) in [5.74, 6) is -0.363. The zero-order valence-electron chi connectivity index (χ0n) is 9.57. The molecule has 0 saturated carbocycles. The van der Waals surface area contributed by atoms with E-state index in [-0.39, 0.29) is 11.6 Å². The van der Waals surface area contributed by atoms with E-state index in [0.717, 1.165) is 5.69 Å². The average molecular weight is 264 g/mol. The molecule has 0 aliphatic heterocycles. The standard InChI is InChI=1S/C14H11ClFNO/c15-11-3-6-13(17-9-11)7-8-14(18)10-1-4-12(16)5-2-10/h1-6,9H,7-8H2. The van der Waals surface area contributed by atoms with Crippen molar-refractivity contribution in [3.8, 4) is 0 Å². The molecule has 0 radical (unpaired) electrons. The molecule has 1 aromatic heterocycles. The zero-order chi connectivity index (χ0) is 13.0. The van der Waals surface area contributed by atoms with E-state index < -0.39 is 0 Å². The molecule has 0 N–H and O–H groups in total. The minimum Gasteiger partial charge on any atom is -0.294 e. The van der Waals surface area contributed by atoms with Gasteiger partial charge in [0.05, 0.1) is 5.02 Å². The Morgan fingerprint density at radius 1 is 1.17 bits per heavy atom. The van der Waals surface area contributed by atoms with Crippen LogP contribution in [-0.2, 0) is 6.42 Å². The zero-order valence-corrected chi connectivity index (χ0v) is 10.3. The van der Waals surface area contributed by atoms with Crippen LogP contribution in [-0.4, -0.2) is 10.8 Å². The number of carbonyl (C=O) groups is 1. The lowest BCUT2D eigenvalue weighted by molar-refractivity contribution is 0.0982. The van der Waals surface area contributed by atoms with Gasteiger partial charge in [-0.15, -0.1) is 0 Å². The summed E-state index contributed by atoms with van der Waals surface area (Å²) in [5.41, 5.74) is 1.33. The Bertz CT molecular complexity index is 537. The van der Waals surface area contributed by atoms with Crippen molar-refractivity contribution in [1.29, 1.82) is 0 Å². The molecule has 0 bridgehead atoms. The first kappa shape index (κ1) is 12.7. The van der Waals surface area contributed by atoms with Crippen molar-refractivity contribution < 1.29 is 9.18 Å². The van der Waals surface area contributed by atoms with E-state index in [1.807, 2.05) is 0 Å². The number of ketones is 1. The molecule has 0 atom stereocenters. The highest BCUT2D eigenvalue weighted by Crippen LogP contribution is 2.10. The summed E-state index contributed by atoms with van der Waals surface area (Å²) < 4.78 is 12.7. The number of halogens is 2. The number of Topliss-reactive ketones (excluding diaryl/α,β-unsaturated/α-hetero) is 1. The molecule has 0 aliphatic carbocycles. The number of nitrogens with zero attached hydrogens (tertiary/aromatic N) is 1. The summed E-state index contributed by atoms with van der Waals surface area (Å²) in [4.78, 5) is 15.9. The largest absolute Gasteiger partial charge is 0.294 e. The SMILES string of the molecule is O=C(CCc1ccc(Cl)cn1)c1ccc(F)cc1. The minimum absolute atomic E-state index is 0.0215. The second-order valence-corrected chi connectivity index (χ2v) is 4.33. The molecule has 4 heteroatoms. The highest BCUT2D eigenvalue weighted by molar-refractivity contribution is 6.30. The number of hydrogen-bond donors (Lipinski definition) is 0. The third-order valence-electron chi connectivity index (χ3n) is 2.56. The smallest absolute Gasteiger partial charge is 0.163 e. The quantitative estimate of drug-likeness (QED) is 0.788. The van der Waals surface area contributed by atoms with Crippen molar-refractivity contribution >= 4 is 17.4 Å². The van der Waals surface area contributed by atoms with Gasteiger partial charge < -0.3 is 0 Å². The minimum atomic E-state index is -0.342. The summed E-state index contributed by atoms with van der Waals surface area (Å²) >= 11 is 5.72. The predicted molar refractivity (Wildman–Crippen MR) is 68.3 cm³/mol. The molecule has 92 valence electrons. The van der Waals surface area contributed by atoms with Gasteiger partial charge in [0, 0.05) is 23.9 Å². The Labute approximate surface area is 109 Å². The molecule has 1 aromatic carbocycles. The van der Waals surface area contributed by atoms with Crippen LogP contribution in [0, 0.1) is 5.82 Å². The molecule has 2 nitrogen and oxygen atoms in total. The summed E-state index contributed by atoms with van der Waals surface area (Å²) in [6.07, 6.45) is 2.45. The molecule has 0 saturated heterocycles. The van der Waals surface area contributed by atoms with Gasteiger partial charge in [0.1, 0.15) is 5.82 Å². The van der Waals surface area contributed by atoms with E-state index >= 15 is 0 Å². The van der Waals surface area contributed by atoms with Crippen molar-refractivity contribution in [1.82, 2.24) is 4.98 Å². The first-order valence-electron chi connectivity index (χ1n) is 5.54. The molecule has 0 fully saturated rings. The van der Waals surface area contributed by atoms with Gasteiger partial charge in [0.2, 0.25) is 0 Å². The van der Waals surface area contributed by atoms with Gasteiger partial charge in [0.15, 0.2) is 5.78 Å². The van der Waals surface area contributed by atoms with Crippen molar-refractivity contribution in [3.63, 3.8) is 0 Å². The Hall–Kier alpha value is -1.74. The van der Waals surface area contributed by atoms with Crippen LogP contribution in [0.2, 0.25) is 5.02 Å². The molecule has 0 amide bonds. The lowest BCUT2D eigenvalue weighted by atomic mass is 10.1. The molecule has 1 heterocycles. The van der Waals surface area contributed by atoms with E-state index in [0.29, 0.717) is 23.4 Å². The van der Waals surface area contributed by atoms with Gasteiger partial charge in [-0.2, -0.15) is 0 Å². The average Bonchev–Trinajstić information content (AvgIpc) is 2.38. The maximum absolute atomic E-state index is 12.7. The number of pyridine rings is 1. The molecule has 18 heavy (non-hydrogen) atoms. The van der Waals surface area contributed by atoms with Gasteiger partial charge in [-0.1, -0.05) is 11.6 Å². The molecule has 0 spiro atoms. The first-order chi connectivity index (χ1) is 8.65. The highest BCUT2D eigenvalue weighted by Gasteiger charge is 2.06. The van der Waals surface area contributed by atoms with Crippen molar-refractivity contribution in [2.75, 3.05) is 0 Å². The Morgan fingerprint density at radius 2 is 1.89 bits per heavy atom. The fourth-order valence-electron chi connectivity index (χ4n) is 1.58. The maximum Gasteiger partial charge on any atom is 0.163 e. The maximum atomic E-state index is 12.7. The number of aromatic nitrogens is 1. The molecular weight excluding hydrogens is 253 g/mol. The van der Waals surface area contributed by atoms with Gasteiger partial charge in [0.25, 0.3) is 0 Å². The van der Waals surface area contributed by atoms with E-state index in [2.05, 4.69) is 4.98 Å². The van der Waals surface area contributed by atoms with Crippen LogP contribution in [0.25, 0.3) is 0 Å². The fourth-order valence-corrected chi connectivity index (χ4v) is 1.69. The van der Waals surface area contributed by atoms with Crippen molar-refractivity contribution in [3.05, 3.63) is 64.7 Å². The van der Waals surface area contributed by atoms with Crippen LogP contribution >= 0.6 is 11.6 Å². The molecular formula is C14H11ClFNO. The molecule has 2 aromatic rings. The van der Waals surface area contributed by atoms with Crippen molar-refractivity contribution in [2.24, 2.45) is 0 Å². The third kappa shape index (κ3) is 3.37. The number of carbonyl (C=O) groups excluding carboxylic acids is 1. The second-order valence-electron chi connectivity index (χ2n) is 3.90. The van der Waals surface area contributed by atoms with Crippen molar-refractivity contribution in [2.45, 2.75) is 12.8 Å². The van der Waals surface area contributed by atoms with E-state index in [9.17, 15) is 9.18 Å². The van der Waals surface area contributed by atoms with Crippen LogP contribution in [0.3, 0.4) is 0 Å². The molecule has 0 unspecified atom stereocenters. The number of hydrogen-bond acceptors (Lipinski definition) is 2. The van der Waals surface area contributed by atoms with Crippen LogP contribution in [0.1, 0.15) is 22.5 Å². The normalized spacial score (nSPS) is 10.3. The van der Waals surface area contributed by atoms with Gasteiger partial charge in [-0.05, 0) is 42.8 Å². The second kappa shape index (κ2) is 5.74.